The van der Waals surface area contributed by atoms with Crippen LogP contribution in [0.5, 0.6) is 11.5 Å². The van der Waals surface area contributed by atoms with Gasteiger partial charge in [-0.1, -0.05) is 12.5 Å². The van der Waals surface area contributed by atoms with Gasteiger partial charge in [0.2, 0.25) is 6.79 Å². The van der Waals surface area contributed by atoms with Gasteiger partial charge >= 0.3 is 0 Å². The molecular formula is C21H30N6O2. The van der Waals surface area contributed by atoms with Crippen molar-refractivity contribution in [3.63, 3.8) is 0 Å². The summed E-state index contributed by atoms with van der Waals surface area (Å²) in [5.41, 5.74) is 1.16. The number of nitrogens with zero attached hydrogens (tertiary/aromatic N) is 5. The summed E-state index contributed by atoms with van der Waals surface area (Å²) in [7, 11) is 3.86. The third-order valence-electron chi connectivity index (χ3n) is 5.48. The Labute approximate surface area is 171 Å². The minimum absolute atomic E-state index is 0.299. The quantitative estimate of drug-likeness (QED) is 0.457. The third kappa shape index (κ3) is 4.63. The molecule has 2 aromatic rings. The number of rotatable bonds is 6. The fourth-order valence-corrected chi connectivity index (χ4v) is 3.95. The molecule has 8 nitrogen and oxygen atoms in total. The first kappa shape index (κ1) is 19.5. The Bertz CT molecular complexity index is 863. The van der Waals surface area contributed by atoms with Crippen LogP contribution in [0.3, 0.4) is 0 Å². The maximum atomic E-state index is 5.47. The van der Waals surface area contributed by atoms with Crippen molar-refractivity contribution in [1.29, 1.82) is 0 Å². The number of hydrogen-bond acceptors (Lipinski definition) is 5. The minimum atomic E-state index is 0.299. The average molecular weight is 399 g/mol. The van der Waals surface area contributed by atoms with Crippen LogP contribution in [0.1, 0.15) is 42.9 Å². The number of hydrogen-bond donors (Lipinski definition) is 1. The smallest absolute Gasteiger partial charge is 0.231 e. The second kappa shape index (κ2) is 9.15. The predicted octanol–water partition coefficient (Wildman–Crippen LogP) is 2.37. The minimum Gasteiger partial charge on any atom is -0.454 e. The fraction of sp³-hybridized carbons (Fsp3) is 0.571. The molecule has 0 spiro atoms. The van der Waals surface area contributed by atoms with Crippen LogP contribution in [0, 0.1) is 0 Å². The summed E-state index contributed by atoms with van der Waals surface area (Å²) in [6, 6.07) is 6.06. The van der Waals surface area contributed by atoms with Crippen molar-refractivity contribution in [3.05, 3.63) is 35.4 Å². The van der Waals surface area contributed by atoms with Gasteiger partial charge in [-0.2, -0.15) is 0 Å². The molecule has 1 aromatic heterocycles. The molecule has 0 unspecified atom stereocenters. The molecular weight excluding hydrogens is 368 g/mol. The molecule has 0 saturated carbocycles. The molecule has 0 fully saturated rings. The topological polar surface area (TPSA) is 76.8 Å². The normalized spacial score (nSPS) is 15.7. The summed E-state index contributed by atoms with van der Waals surface area (Å²) < 4.78 is 13.2. The lowest BCUT2D eigenvalue weighted by Crippen LogP contribution is -2.39. The van der Waals surface area contributed by atoms with E-state index in [1.165, 1.54) is 19.3 Å². The maximum absolute atomic E-state index is 5.47. The molecule has 0 amide bonds. The lowest BCUT2D eigenvalue weighted by molar-refractivity contribution is 0.174. The lowest BCUT2D eigenvalue weighted by Gasteiger charge is -2.22. The van der Waals surface area contributed by atoms with Crippen LogP contribution in [0.4, 0.5) is 0 Å². The van der Waals surface area contributed by atoms with Crippen LogP contribution >= 0.6 is 0 Å². The van der Waals surface area contributed by atoms with Crippen LogP contribution in [-0.4, -0.2) is 53.1 Å². The molecule has 8 heteroatoms. The van der Waals surface area contributed by atoms with E-state index >= 15 is 0 Å². The van der Waals surface area contributed by atoms with E-state index in [4.69, 9.17) is 9.47 Å². The molecule has 1 N–H and O–H groups in total. The molecule has 0 bridgehead atoms. The van der Waals surface area contributed by atoms with Gasteiger partial charge in [-0.15, -0.1) is 10.2 Å². The first-order valence-corrected chi connectivity index (χ1v) is 10.5. The van der Waals surface area contributed by atoms with E-state index in [1.54, 1.807) is 0 Å². The van der Waals surface area contributed by atoms with Gasteiger partial charge in [0.15, 0.2) is 17.5 Å². The van der Waals surface area contributed by atoms with Crippen LogP contribution in [0.25, 0.3) is 0 Å². The van der Waals surface area contributed by atoms with Crippen molar-refractivity contribution in [2.45, 2.75) is 51.6 Å². The molecule has 0 saturated heterocycles. The third-order valence-corrected chi connectivity index (χ3v) is 5.48. The SMILES string of the molecule is CN=C(NCCCc1nnc2n1CCCCC2)N(C)Cc1ccc2c(c1)OCO2. The molecule has 29 heavy (non-hydrogen) atoms. The van der Waals surface area contributed by atoms with Crippen molar-refractivity contribution in [2.75, 3.05) is 27.4 Å². The molecule has 2 aliphatic rings. The Morgan fingerprint density at radius 2 is 2.10 bits per heavy atom. The highest BCUT2D eigenvalue weighted by atomic mass is 16.7. The van der Waals surface area contributed by atoms with Crippen LogP contribution < -0.4 is 14.8 Å². The van der Waals surface area contributed by atoms with E-state index in [1.807, 2.05) is 26.2 Å². The van der Waals surface area contributed by atoms with E-state index in [0.717, 1.165) is 73.6 Å². The summed E-state index contributed by atoms with van der Waals surface area (Å²) in [4.78, 5) is 6.53. The van der Waals surface area contributed by atoms with Gasteiger partial charge in [0.1, 0.15) is 11.6 Å². The number of nitrogens with one attached hydrogen (secondary N) is 1. The Morgan fingerprint density at radius 1 is 1.21 bits per heavy atom. The number of fused-ring (bicyclic) bond motifs is 2. The van der Waals surface area contributed by atoms with E-state index in [2.05, 4.69) is 36.0 Å². The molecule has 3 heterocycles. The van der Waals surface area contributed by atoms with Gasteiger partial charge in [-0.3, -0.25) is 4.99 Å². The van der Waals surface area contributed by atoms with Crippen LogP contribution in [0.2, 0.25) is 0 Å². The first-order valence-electron chi connectivity index (χ1n) is 10.5. The van der Waals surface area contributed by atoms with Gasteiger partial charge in [-0.05, 0) is 37.0 Å². The Balaban J connectivity index is 1.26. The highest BCUT2D eigenvalue weighted by Gasteiger charge is 2.16. The summed E-state index contributed by atoms with van der Waals surface area (Å²) in [6.45, 7) is 2.95. The number of ether oxygens (including phenoxy) is 2. The number of aromatic nitrogens is 3. The zero-order valence-electron chi connectivity index (χ0n) is 17.4. The molecule has 0 atom stereocenters. The highest BCUT2D eigenvalue weighted by Crippen LogP contribution is 2.32. The summed E-state index contributed by atoms with van der Waals surface area (Å²) in [5, 5.41) is 12.3. The fourth-order valence-electron chi connectivity index (χ4n) is 3.95. The monoisotopic (exact) mass is 398 g/mol. The van der Waals surface area contributed by atoms with Gasteiger partial charge in [0, 0.05) is 46.6 Å². The van der Waals surface area contributed by atoms with Crippen LogP contribution in [-0.2, 0) is 25.9 Å². The molecule has 0 radical (unpaired) electrons. The Morgan fingerprint density at radius 3 is 3.00 bits per heavy atom. The molecule has 4 rings (SSSR count). The van der Waals surface area contributed by atoms with E-state index < -0.39 is 0 Å². The molecule has 1 aromatic carbocycles. The standard InChI is InChI=1S/C21H30N6O2/c1-22-21(26(2)14-16-9-10-17-18(13-16)29-15-28-17)23-11-6-8-20-25-24-19-7-4-3-5-12-27(19)20/h9-10,13H,3-8,11-12,14-15H2,1-2H3,(H,22,23). The lowest BCUT2D eigenvalue weighted by atomic mass is 10.2. The Hall–Kier alpha value is -2.77. The molecule has 156 valence electrons. The van der Waals surface area contributed by atoms with Gasteiger partial charge in [0.25, 0.3) is 0 Å². The molecule has 0 aliphatic carbocycles. The molecule has 2 aliphatic heterocycles. The van der Waals surface area contributed by atoms with E-state index in [0.29, 0.717) is 6.79 Å². The number of guanidine groups is 1. The first-order chi connectivity index (χ1) is 14.2. The second-order valence-electron chi connectivity index (χ2n) is 7.62. The average Bonchev–Trinajstić information content (AvgIpc) is 3.27. The number of aliphatic imine (C=N–C) groups is 1. The second-order valence-corrected chi connectivity index (χ2v) is 7.62. The van der Waals surface area contributed by atoms with Crippen molar-refractivity contribution < 1.29 is 9.47 Å². The predicted molar refractivity (Wildman–Crippen MR) is 111 cm³/mol. The summed E-state index contributed by atoms with van der Waals surface area (Å²) in [6.07, 6.45) is 6.73. The van der Waals surface area contributed by atoms with Crippen molar-refractivity contribution in [2.24, 2.45) is 4.99 Å². The summed E-state index contributed by atoms with van der Waals surface area (Å²) >= 11 is 0. The number of benzene rings is 1. The van der Waals surface area contributed by atoms with Crippen LogP contribution in [0.15, 0.2) is 23.2 Å². The maximum Gasteiger partial charge on any atom is 0.231 e. The van der Waals surface area contributed by atoms with Crippen molar-refractivity contribution >= 4 is 5.96 Å². The van der Waals surface area contributed by atoms with Gasteiger partial charge in [-0.25, -0.2) is 0 Å². The highest BCUT2D eigenvalue weighted by molar-refractivity contribution is 5.79. The van der Waals surface area contributed by atoms with E-state index in [-0.39, 0.29) is 0 Å². The Kier molecular flexibility index (Phi) is 6.17. The van der Waals surface area contributed by atoms with E-state index in [9.17, 15) is 0 Å². The van der Waals surface area contributed by atoms with Crippen molar-refractivity contribution in [3.8, 4) is 11.5 Å². The summed E-state index contributed by atoms with van der Waals surface area (Å²) in [5.74, 6) is 4.77. The largest absolute Gasteiger partial charge is 0.454 e. The van der Waals surface area contributed by atoms with Crippen molar-refractivity contribution in [1.82, 2.24) is 25.0 Å². The zero-order valence-corrected chi connectivity index (χ0v) is 17.4. The zero-order chi connectivity index (χ0) is 20.1. The number of aryl methyl sites for hydroxylation is 2. The van der Waals surface area contributed by atoms with Gasteiger partial charge in [0.05, 0.1) is 0 Å². The van der Waals surface area contributed by atoms with Gasteiger partial charge < -0.3 is 24.3 Å².